The summed E-state index contributed by atoms with van der Waals surface area (Å²) in [6, 6.07) is 6.24. The van der Waals surface area contributed by atoms with Crippen molar-refractivity contribution in [2.24, 2.45) is 5.92 Å². The number of halogens is 1. The van der Waals surface area contributed by atoms with E-state index in [9.17, 15) is 14.0 Å². The molecule has 2 aliphatic carbocycles. The van der Waals surface area contributed by atoms with Gasteiger partial charge in [0.05, 0.1) is 12.1 Å². The van der Waals surface area contributed by atoms with E-state index in [1.54, 1.807) is 12.1 Å². The van der Waals surface area contributed by atoms with Crippen LogP contribution in [-0.2, 0) is 4.79 Å². The van der Waals surface area contributed by atoms with Crippen molar-refractivity contribution >= 4 is 11.9 Å². The molecule has 2 saturated carbocycles. The van der Waals surface area contributed by atoms with Gasteiger partial charge in [0.15, 0.2) is 0 Å². The van der Waals surface area contributed by atoms with Crippen LogP contribution in [-0.4, -0.2) is 35.5 Å². The summed E-state index contributed by atoms with van der Waals surface area (Å²) in [5.41, 5.74) is 0.927. The van der Waals surface area contributed by atoms with Gasteiger partial charge in [-0.2, -0.15) is 0 Å². The number of hydrogen-bond donors (Lipinski definition) is 2. The van der Waals surface area contributed by atoms with Crippen LogP contribution in [0.15, 0.2) is 24.3 Å². The first kappa shape index (κ1) is 15.4. The minimum Gasteiger partial charge on any atom is -0.338 e. The van der Waals surface area contributed by atoms with Gasteiger partial charge in [0.1, 0.15) is 5.82 Å². The summed E-state index contributed by atoms with van der Waals surface area (Å²) < 4.78 is 13.1. The Morgan fingerprint density at radius 3 is 2.50 bits per heavy atom. The molecule has 1 aliphatic heterocycles. The van der Waals surface area contributed by atoms with E-state index in [0.29, 0.717) is 24.9 Å². The lowest BCUT2D eigenvalue weighted by atomic mass is 10.0. The molecule has 1 saturated heterocycles. The van der Waals surface area contributed by atoms with E-state index in [1.165, 1.54) is 12.1 Å². The summed E-state index contributed by atoms with van der Waals surface area (Å²) in [6.07, 6.45) is 4.69. The largest absolute Gasteiger partial charge is 0.338 e. The lowest BCUT2D eigenvalue weighted by Crippen LogP contribution is -2.45. The average molecular weight is 331 g/mol. The summed E-state index contributed by atoms with van der Waals surface area (Å²) in [4.78, 5) is 26.2. The lowest BCUT2D eigenvalue weighted by molar-refractivity contribution is -0.128. The number of nitrogens with zero attached hydrogens (tertiary/aromatic N) is 1. The van der Waals surface area contributed by atoms with Crippen LogP contribution in [0, 0.1) is 11.7 Å². The molecule has 0 unspecified atom stereocenters. The molecule has 1 heterocycles. The van der Waals surface area contributed by atoms with E-state index in [1.807, 2.05) is 4.90 Å². The Bertz CT molecular complexity index is 640. The predicted molar refractivity (Wildman–Crippen MR) is 86.7 cm³/mol. The van der Waals surface area contributed by atoms with Crippen LogP contribution in [0.4, 0.5) is 9.18 Å². The second-order valence-electron chi connectivity index (χ2n) is 7.16. The molecule has 1 aromatic carbocycles. The third kappa shape index (κ3) is 3.37. The highest BCUT2D eigenvalue weighted by Gasteiger charge is 2.40. The minimum atomic E-state index is -0.276. The average Bonchev–Trinajstić information content (AvgIpc) is 3.45. The van der Waals surface area contributed by atoms with Crippen LogP contribution >= 0.6 is 0 Å². The number of carbonyl (C=O) groups excluding carboxylic acids is 2. The van der Waals surface area contributed by atoms with Crippen LogP contribution < -0.4 is 10.6 Å². The molecule has 128 valence electrons. The van der Waals surface area contributed by atoms with Crippen molar-refractivity contribution in [1.29, 1.82) is 0 Å². The number of carbonyl (C=O) groups is 2. The zero-order valence-electron chi connectivity index (χ0n) is 13.5. The Morgan fingerprint density at radius 1 is 1.17 bits per heavy atom. The first-order valence-corrected chi connectivity index (χ1v) is 8.72. The third-order valence-electron chi connectivity index (χ3n) is 5.09. The van der Waals surface area contributed by atoms with Gasteiger partial charge in [-0.1, -0.05) is 12.1 Å². The van der Waals surface area contributed by atoms with Crippen molar-refractivity contribution in [3.8, 4) is 0 Å². The SMILES string of the molecule is O=C(N[C@@H]1CC(=O)N(C2CC2)C1)N[C@H](c1ccc(F)cc1)C1CC1. The number of likely N-dealkylation sites (tertiary alicyclic amines) is 1. The molecular formula is C18H22FN3O2. The van der Waals surface area contributed by atoms with Crippen LogP contribution in [0.1, 0.15) is 43.7 Å². The standard InChI is InChI=1S/C18H22FN3O2/c19-13-5-3-12(4-6-13)17(11-1-2-11)21-18(24)20-14-9-16(23)22(10-14)15-7-8-15/h3-6,11,14-15,17H,1-2,7-10H2,(H2,20,21,24)/t14-,17+/m1/s1. The maximum absolute atomic E-state index is 13.1. The summed E-state index contributed by atoms with van der Waals surface area (Å²) in [6.45, 7) is 0.613. The molecular weight excluding hydrogens is 309 g/mol. The molecule has 0 bridgehead atoms. The molecule has 0 aromatic heterocycles. The van der Waals surface area contributed by atoms with E-state index >= 15 is 0 Å². The Labute approximate surface area is 140 Å². The Hall–Kier alpha value is -2.11. The molecule has 3 fully saturated rings. The number of benzene rings is 1. The summed E-state index contributed by atoms with van der Waals surface area (Å²) >= 11 is 0. The topological polar surface area (TPSA) is 61.4 Å². The van der Waals surface area contributed by atoms with Crippen molar-refractivity contribution < 1.29 is 14.0 Å². The summed E-state index contributed by atoms with van der Waals surface area (Å²) in [5.74, 6) is 0.275. The van der Waals surface area contributed by atoms with Crippen LogP contribution in [0.25, 0.3) is 0 Å². The van der Waals surface area contributed by atoms with E-state index in [2.05, 4.69) is 10.6 Å². The highest BCUT2D eigenvalue weighted by atomic mass is 19.1. The smallest absolute Gasteiger partial charge is 0.315 e. The molecule has 3 aliphatic rings. The molecule has 0 radical (unpaired) electrons. The number of nitrogens with one attached hydrogen (secondary N) is 2. The number of amides is 3. The van der Waals surface area contributed by atoms with E-state index < -0.39 is 0 Å². The Morgan fingerprint density at radius 2 is 1.88 bits per heavy atom. The number of hydrogen-bond acceptors (Lipinski definition) is 2. The second-order valence-corrected chi connectivity index (χ2v) is 7.16. The zero-order chi connectivity index (χ0) is 16.7. The molecule has 6 heteroatoms. The molecule has 3 amide bonds. The van der Waals surface area contributed by atoms with E-state index in [0.717, 1.165) is 31.2 Å². The first-order chi connectivity index (χ1) is 11.6. The Balaban J connectivity index is 1.35. The first-order valence-electron chi connectivity index (χ1n) is 8.72. The van der Waals surface area contributed by atoms with Crippen molar-refractivity contribution in [3.05, 3.63) is 35.6 Å². The van der Waals surface area contributed by atoms with Gasteiger partial charge in [-0.25, -0.2) is 9.18 Å². The molecule has 5 nitrogen and oxygen atoms in total. The van der Waals surface area contributed by atoms with Crippen molar-refractivity contribution in [2.45, 2.75) is 50.2 Å². The van der Waals surface area contributed by atoms with Gasteiger partial charge in [0.2, 0.25) is 5.91 Å². The van der Waals surface area contributed by atoms with E-state index in [4.69, 9.17) is 0 Å². The number of rotatable bonds is 5. The van der Waals surface area contributed by atoms with Gasteiger partial charge in [-0.3, -0.25) is 4.79 Å². The van der Waals surface area contributed by atoms with Crippen molar-refractivity contribution in [3.63, 3.8) is 0 Å². The Kier molecular flexibility index (Phi) is 3.90. The fourth-order valence-corrected chi connectivity index (χ4v) is 3.51. The van der Waals surface area contributed by atoms with Crippen LogP contribution in [0.3, 0.4) is 0 Å². The molecule has 1 aromatic rings. The lowest BCUT2D eigenvalue weighted by Gasteiger charge is -2.21. The molecule has 4 rings (SSSR count). The monoisotopic (exact) mass is 331 g/mol. The van der Waals surface area contributed by atoms with Gasteiger partial charge in [0, 0.05) is 19.0 Å². The summed E-state index contributed by atoms with van der Waals surface area (Å²) in [7, 11) is 0. The van der Waals surface area contributed by atoms with Gasteiger partial charge in [0.25, 0.3) is 0 Å². The van der Waals surface area contributed by atoms with Gasteiger partial charge in [-0.15, -0.1) is 0 Å². The molecule has 2 atom stereocenters. The van der Waals surface area contributed by atoms with E-state index in [-0.39, 0.29) is 29.8 Å². The predicted octanol–water partition coefficient (Wildman–Crippen LogP) is 2.34. The maximum atomic E-state index is 13.1. The van der Waals surface area contributed by atoms with Gasteiger partial charge < -0.3 is 15.5 Å². The van der Waals surface area contributed by atoms with Gasteiger partial charge in [-0.05, 0) is 49.3 Å². The highest BCUT2D eigenvalue weighted by molar-refractivity contribution is 5.82. The second kappa shape index (κ2) is 6.07. The minimum absolute atomic E-state index is 0.0951. The third-order valence-corrected chi connectivity index (χ3v) is 5.09. The summed E-state index contributed by atoms with van der Waals surface area (Å²) in [5, 5.41) is 5.94. The fraction of sp³-hybridized carbons (Fsp3) is 0.556. The quantitative estimate of drug-likeness (QED) is 0.870. The fourth-order valence-electron chi connectivity index (χ4n) is 3.51. The van der Waals surface area contributed by atoms with Crippen molar-refractivity contribution in [2.75, 3.05) is 6.54 Å². The zero-order valence-corrected chi connectivity index (χ0v) is 13.5. The molecule has 2 N–H and O–H groups in total. The highest BCUT2D eigenvalue weighted by Crippen LogP contribution is 2.41. The van der Waals surface area contributed by atoms with Crippen molar-refractivity contribution in [1.82, 2.24) is 15.5 Å². The van der Waals surface area contributed by atoms with Crippen LogP contribution in [0.2, 0.25) is 0 Å². The van der Waals surface area contributed by atoms with Gasteiger partial charge >= 0.3 is 6.03 Å². The molecule has 0 spiro atoms. The molecule has 24 heavy (non-hydrogen) atoms. The van der Waals surface area contributed by atoms with Crippen LogP contribution in [0.5, 0.6) is 0 Å². The number of urea groups is 1. The normalized spacial score (nSPS) is 24.8. The maximum Gasteiger partial charge on any atom is 0.315 e.